The fourth-order valence-corrected chi connectivity index (χ4v) is 1.94. The van der Waals surface area contributed by atoms with Gasteiger partial charge < -0.3 is 15.3 Å². The molecule has 0 aliphatic rings. The Labute approximate surface area is 117 Å². The predicted molar refractivity (Wildman–Crippen MR) is 78.7 cm³/mol. The summed E-state index contributed by atoms with van der Waals surface area (Å²) in [4.78, 5) is 6.20. The highest BCUT2D eigenvalue weighted by atomic mass is 19.1. The Morgan fingerprint density at radius 3 is 2.60 bits per heavy atom. The molecule has 0 bridgehead atoms. The van der Waals surface area contributed by atoms with E-state index in [0.29, 0.717) is 5.56 Å². The average molecular weight is 275 g/mol. The normalized spacial score (nSPS) is 12.0. The van der Waals surface area contributed by atoms with Crippen molar-refractivity contribution in [1.29, 1.82) is 0 Å². The number of pyridine rings is 1. The van der Waals surface area contributed by atoms with Crippen LogP contribution in [0.5, 0.6) is 5.75 Å². The van der Waals surface area contributed by atoms with Crippen LogP contribution in [0.1, 0.15) is 18.5 Å². The standard InChI is InChI=1S/C15H18FN3O/c1-10(13-8-11(16)4-6-14(13)20)18-12-5-7-15(17-9-12)19(2)3/h4-10,18,20H,1-3H3. The number of phenols is 1. The van der Waals surface area contributed by atoms with Gasteiger partial charge in [0.25, 0.3) is 0 Å². The molecule has 2 N–H and O–H groups in total. The molecule has 0 aliphatic heterocycles. The minimum atomic E-state index is -0.368. The number of phenolic OH excluding ortho intramolecular Hbond substituents is 1. The summed E-state index contributed by atoms with van der Waals surface area (Å²) >= 11 is 0. The Hall–Kier alpha value is -2.30. The summed E-state index contributed by atoms with van der Waals surface area (Å²) in [5.74, 6) is 0.564. The molecule has 2 rings (SSSR count). The van der Waals surface area contributed by atoms with Crippen LogP contribution in [0.2, 0.25) is 0 Å². The fraction of sp³-hybridized carbons (Fsp3) is 0.267. The second-order valence-corrected chi connectivity index (χ2v) is 4.87. The lowest BCUT2D eigenvalue weighted by atomic mass is 10.1. The smallest absolute Gasteiger partial charge is 0.128 e. The first-order chi connectivity index (χ1) is 9.47. The summed E-state index contributed by atoms with van der Waals surface area (Å²) in [6.45, 7) is 1.86. The summed E-state index contributed by atoms with van der Waals surface area (Å²) < 4.78 is 13.2. The lowest BCUT2D eigenvalue weighted by molar-refractivity contribution is 0.462. The van der Waals surface area contributed by atoms with Crippen LogP contribution in [-0.2, 0) is 0 Å². The van der Waals surface area contributed by atoms with Gasteiger partial charge in [-0.15, -0.1) is 0 Å². The quantitative estimate of drug-likeness (QED) is 0.900. The van der Waals surface area contributed by atoms with Gasteiger partial charge in [0.05, 0.1) is 17.9 Å². The zero-order valence-corrected chi connectivity index (χ0v) is 11.8. The summed E-state index contributed by atoms with van der Waals surface area (Å²) in [5, 5.41) is 13.0. The maximum atomic E-state index is 13.2. The molecule has 5 heteroatoms. The maximum absolute atomic E-state index is 13.2. The molecule has 1 aromatic carbocycles. The van der Waals surface area contributed by atoms with Crippen LogP contribution in [0, 0.1) is 5.82 Å². The first kappa shape index (κ1) is 14.1. The van der Waals surface area contributed by atoms with Crippen LogP contribution in [0.25, 0.3) is 0 Å². The molecule has 4 nitrogen and oxygen atoms in total. The number of halogens is 1. The Bertz CT molecular complexity index is 584. The number of hydrogen-bond acceptors (Lipinski definition) is 4. The Kier molecular flexibility index (Phi) is 4.08. The van der Waals surface area contributed by atoms with Gasteiger partial charge in [-0.3, -0.25) is 0 Å². The van der Waals surface area contributed by atoms with E-state index < -0.39 is 0 Å². The summed E-state index contributed by atoms with van der Waals surface area (Å²) in [6, 6.07) is 7.48. The molecule has 1 heterocycles. The average Bonchev–Trinajstić information content (AvgIpc) is 2.42. The van der Waals surface area contributed by atoms with Gasteiger partial charge in [-0.1, -0.05) is 0 Å². The maximum Gasteiger partial charge on any atom is 0.128 e. The minimum absolute atomic E-state index is 0.0734. The largest absolute Gasteiger partial charge is 0.508 e. The van der Waals surface area contributed by atoms with E-state index in [9.17, 15) is 9.50 Å². The molecule has 1 aromatic heterocycles. The molecule has 0 spiro atoms. The van der Waals surface area contributed by atoms with Crippen LogP contribution < -0.4 is 10.2 Å². The molecular formula is C15H18FN3O. The molecule has 0 amide bonds. The predicted octanol–water partition coefficient (Wildman–Crippen LogP) is 3.17. The Balaban J connectivity index is 2.14. The Morgan fingerprint density at radius 1 is 1.25 bits per heavy atom. The molecule has 0 saturated carbocycles. The third-order valence-corrected chi connectivity index (χ3v) is 3.05. The third-order valence-electron chi connectivity index (χ3n) is 3.05. The van der Waals surface area contributed by atoms with Crippen molar-refractivity contribution in [3.63, 3.8) is 0 Å². The fourth-order valence-electron chi connectivity index (χ4n) is 1.94. The van der Waals surface area contributed by atoms with Crippen molar-refractivity contribution in [3.8, 4) is 5.75 Å². The third kappa shape index (κ3) is 3.17. The van der Waals surface area contributed by atoms with Gasteiger partial charge in [0.15, 0.2) is 0 Å². The highest BCUT2D eigenvalue weighted by Crippen LogP contribution is 2.27. The first-order valence-corrected chi connectivity index (χ1v) is 6.35. The lowest BCUT2D eigenvalue weighted by Crippen LogP contribution is -2.11. The molecule has 0 saturated heterocycles. The summed E-state index contributed by atoms with van der Waals surface area (Å²) in [5.41, 5.74) is 1.33. The number of nitrogens with one attached hydrogen (secondary N) is 1. The van der Waals surface area contributed by atoms with Crippen molar-refractivity contribution >= 4 is 11.5 Å². The van der Waals surface area contributed by atoms with Crippen LogP contribution in [0.3, 0.4) is 0 Å². The van der Waals surface area contributed by atoms with E-state index in [1.54, 1.807) is 6.20 Å². The molecule has 0 aliphatic carbocycles. The molecular weight excluding hydrogens is 257 g/mol. The van der Waals surface area contributed by atoms with E-state index in [4.69, 9.17) is 0 Å². The van der Waals surface area contributed by atoms with Crippen molar-refractivity contribution in [2.45, 2.75) is 13.0 Å². The molecule has 2 aromatic rings. The summed E-state index contributed by atoms with van der Waals surface area (Å²) in [7, 11) is 3.84. The van der Waals surface area contributed by atoms with Crippen molar-refractivity contribution in [3.05, 3.63) is 47.9 Å². The van der Waals surface area contributed by atoms with Crippen molar-refractivity contribution in [2.24, 2.45) is 0 Å². The number of nitrogens with zero attached hydrogens (tertiary/aromatic N) is 2. The van der Waals surface area contributed by atoms with Gasteiger partial charge in [-0.2, -0.15) is 0 Å². The van der Waals surface area contributed by atoms with Gasteiger partial charge >= 0.3 is 0 Å². The Morgan fingerprint density at radius 2 is 2.00 bits per heavy atom. The molecule has 0 fully saturated rings. The van der Waals surface area contributed by atoms with Gasteiger partial charge in [-0.25, -0.2) is 9.37 Å². The number of benzene rings is 1. The molecule has 1 atom stereocenters. The van der Waals surface area contributed by atoms with E-state index in [1.807, 2.05) is 38.1 Å². The number of hydrogen-bond donors (Lipinski definition) is 2. The monoisotopic (exact) mass is 275 g/mol. The van der Waals surface area contributed by atoms with Crippen LogP contribution in [0.15, 0.2) is 36.5 Å². The molecule has 106 valence electrons. The van der Waals surface area contributed by atoms with Gasteiger partial charge in [-0.05, 0) is 37.3 Å². The van der Waals surface area contributed by atoms with E-state index in [1.165, 1.54) is 18.2 Å². The highest BCUT2D eigenvalue weighted by Gasteiger charge is 2.11. The van der Waals surface area contributed by atoms with E-state index in [2.05, 4.69) is 10.3 Å². The van der Waals surface area contributed by atoms with Crippen molar-refractivity contribution in [2.75, 3.05) is 24.3 Å². The zero-order chi connectivity index (χ0) is 14.7. The zero-order valence-electron chi connectivity index (χ0n) is 11.8. The highest BCUT2D eigenvalue weighted by molar-refractivity contribution is 5.50. The number of rotatable bonds is 4. The van der Waals surface area contributed by atoms with Crippen LogP contribution in [-0.4, -0.2) is 24.2 Å². The number of aromatic hydroxyl groups is 1. The van der Waals surface area contributed by atoms with Crippen molar-refractivity contribution in [1.82, 2.24) is 4.98 Å². The second kappa shape index (κ2) is 5.77. The van der Waals surface area contributed by atoms with E-state index in [-0.39, 0.29) is 17.6 Å². The van der Waals surface area contributed by atoms with Gasteiger partial charge in [0.1, 0.15) is 17.4 Å². The molecule has 20 heavy (non-hydrogen) atoms. The number of aromatic nitrogens is 1. The number of anilines is 2. The minimum Gasteiger partial charge on any atom is -0.508 e. The SMILES string of the molecule is CC(Nc1ccc(N(C)C)nc1)c1cc(F)ccc1O. The summed E-state index contributed by atoms with van der Waals surface area (Å²) in [6.07, 6.45) is 1.71. The lowest BCUT2D eigenvalue weighted by Gasteiger charge is -2.18. The molecule has 1 unspecified atom stereocenters. The van der Waals surface area contributed by atoms with E-state index in [0.717, 1.165) is 11.5 Å². The van der Waals surface area contributed by atoms with Crippen molar-refractivity contribution < 1.29 is 9.50 Å². The molecule has 0 radical (unpaired) electrons. The topological polar surface area (TPSA) is 48.4 Å². The second-order valence-electron chi connectivity index (χ2n) is 4.87. The van der Waals surface area contributed by atoms with Gasteiger partial charge in [0, 0.05) is 19.7 Å². The van der Waals surface area contributed by atoms with Crippen LogP contribution >= 0.6 is 0 Å². The van der Waals surface area contributed by atoms with Gasteiger partial charge in [0.2, 0.25) is 0 Å². The van der Waals surface area contributed by atoms with E-state index >= 15 is 0 Å². The van der Waals surface area contributed by atoms with Crippen LogP contribution in [0.4, 0.5) is 15.9 Å². The first-order valence-electron chi connectivity index (χ1n) is 6.35.